The lowest BCUT2D eigenvalue weighted by Gasteiger charge is -2.33. The van der Waals surface area contributed by atoms with Crippen molar-refractivity contribution < 1.29 is 14.3 Å². The smallest absolute Gasteiger partial charge is 0.359 e. The minimum atomic E-state index is -1.91. The van der Waals surface area contributed by atoms with Gasteiger partial charge in [-0.15, -0.1) is 5.10 Å². The number of carbonyl (C=O) groups is 2. The summed E-state index contributed by atoms with van der Waals surface area (Å²) in [6, 6.07) is 9.37. The first kappa shape index (κ1) is 20.3. The van der Waals surface area contributed by atoms with Gasteiger partial charge in [0.05, 0.1) is 5.32 Å². The van der Waals surface area contributed by atoms with Crippen LogP contribution in [-0.4, -0.2) is 46.6 Å². The SMILES string of the molecule is CC(C)(C)NC(=O)C1OC(=O)c2c([Si](C)(C)C)nnn2C1Cc1ccccc1. The van der Waals surface area contributed by atoms with Gasteiger partial charge in [-0.2, -0.15) is 0 Å². The largest absolute Gasteiger partial charge is 0.445 e. The third kappa shape index (κ3) is 4.16. The highest BCUT2D eigenvalue weighted by molar-refractivity contribution is 6.88. The second-order valence-electron chi connectivity index (χ2n) is 9.30. The molecule has 1 aromatic carbocycles. The molecule has 1 aliphatic rings. The van der Waals surface area contributed by atoms with E-state index in [9.17, 15) is 9.59 Å². The van der Waals surface area contributed by atoms with Crippen molar-refractivity contribution >= 4 is 25.3 Å². The third-order valence-corrected chi connectivity index (χ3v) is 6.30. The van der Waals surface area contributed by atoms with E-state index >= 15 is 0 Å². The number of amides is 1. The number of hydrogen-bond acceptors (Lipinski definition) is 5. The predicted molar refractivity (Wildman–Crippen MR) is 109 cm³/mol. The monoisotopic (exact) mass is 400 g/mol. The zero-order valence-corrected chi connectivity index (χ0v) is 18.3. The van der Waals surface area contributed by atoms with Gasteiger partial charge >= 0.3 is 5.97 Å². The Morgan fingerprint density at radius 3 is 2.43 bits per heavy atom. The van der Waals surface area contributed by atoms with E-state index in [1.54, 1.807) is 4.68 Å². The molecule has 7 nitrogen and oxygen atoms in total. The first-order valence-corrected chi connectivity index (χ1v) is 13.0. The summed E-state index contributed by atoms with van der Waals surface area (Å²) in [5.41, 5.74) is 0.988. The molecule has 0 aliphatic carbocycles. The van der Waals surface area contributed by atoms with Crippen LogP contribution < -0.4 is 10.6 Å². The fraction of sp³-hybridized carbons (Fsp3) is 0.500. The van der Waals surface area contributed by atoms with Crippen LogP contribution in [0.2, 0.25) is 19.6 Å². The molecule has 0 bridgehead atoms. The van der Waals surface area contributed by atoms with Crippen LogP contribution in [0.4, 0.5) is 0 Å². The van der Waals surface area contributed by atoms with Gasteiger partial charge in [-0.25, -0.2) is 9.48 Å². The van der Waals surface area contributed by atoms with E-state index in [4.69, 9.17) is 4.74 Å². The van der Waals surface area contributed by atoms with Crippen molar-refractivity contribution in [2.75, 3.05) is 0 Å². The van der Waals surface area contributed by atoms with E-state index < -0.39 is 31.7 Å². The van der Waals surface area contributed by atoms with Crippen molar-refractivity contribution in [1.29, 1.82) is 0 Å². The molecule has 1 N–H and O–H groups in total. The average molecular weight is 401 g/mol. The van der Waals surface area contributed by atoms with Gasteiger partial charge < -0.3 is 10.1 Å². The van der Waals surface area contributed by atoms with E-state index in [2.05, 4.69) is 35.3 Å². The lowest BCUT2D eigenvalue weighted by Crippen LogP contribution is -2.54. The van der Waals surface area contributed by atoms with Crippen molar-refractivity contribution in [3.05, 3.63) is 41.6 Å². The number of ether oxygens (including phenoxy) is 1. The van der Waals surface area contributed by atoms with E-state index in [0.29, 0.717) is 17.4 Å². The summed E-state index contributed by atoms with van der Waals surface area (Å²) in [5, 5.41) is 12.3. The molecule has 2 atom stereocenters. The molecular formula is C20H28N4O3Si. The molecule has 3 rings (SSSR count). The Balaban J connectivity index is 2.05. The van der Waals surface area contributed by atoms with Crippen LogP contribution in [0.25, 0.3) is 0 Å². The van der Waals surface area contributed by atoms with Crippen molar-refractivity contribution in [3.63, 3.8) is 0 Å². The van der Waals surface area contributed by atoms with Gasteiger partial charge in [0, 0.05) is 5.54 Å². The van der Waals surface area contributed by atoms with Crippen LogP contribution in [0.15, 0.2) is 30.3 Å². The van der Waals surface area contributed by atoms with E-state index in [1.165, 1.54) is 0 Å². The first-order valence-electron chi connectivity index (χ1n) is 9.50. The van der Waals surface area contributed by atoms with Crippen LogP contribution in [0.5, 0.6) is 0 Å². The Kier molecular flexibility index (Phi) is 5.18. The molecule has 28 heavy (non-hydrogen) atoms. The molecule has 2 aromatic rings. The second kappa shape index (κ2) is 7.16. The minimum absolute atomic E-state index is 0.322. The molecule has 0 fully saturated rings. The Labute approximate surface area is 166 Å². The number of nitrogens with one attached hydrogen (secondary N) is 1. The van der Waals surface area contributed by atoms with Gasteiger partial charge in [0.2, 0.25) is 6.10 Å². The summed E-state index contributed by atoms with van der Waals surface area (Å²) >= 11 is 0. The first-order chi connectivity index (χ1) is 13.0. The van der Waals surface area contributed by atoms with E-state index in [-0.39, 0.29) is 5.91 Å². The van der Waals surface area contributed by atoms with Crippen LogP contribution in [0, 0.1) is 0 Å². The summed E-state index contributed by atoms with van der Waals surface area (Å²) in [6.45, 7) is 12.0. The number of aromatic nitrogens is 3. The molecule has 0 saturated heterocycles. The topological polar surface area (TPSA) is 86.1 Å². The number of fused-ring (bicyclic) bond motifs is 1. The number of carbonyl (C=O) groups excluding carboxylic acids is 2. The second-order valence-corrected chi connectivity index (χ2v) is 14.3. The maximum absolute atomic E-state index is 12.9. The Morgan fingerprint density at radius 2 is 1.86 bits per heavy atom. The summed E-state index contributed by atoms with van der Waals surface area (Å²) in [5.74, 6) is -0.849. The molecule has 1 amide bonds. The Bertz CT molecular complexity index is 881. The van der Waals surface area contributed by atoms with Crippen LogP contribution in [0.1, 0.15) is 42.9 Å². The summed E-state index contributed by atoms with van der Waals surface area (Å²) < 4.78 is 7.28. The Hall–Kier alpha value is -2.48. The van der Waals surface area contributed by atoms with Gasteiger partial charge in [0.25, 0.3) is 5.91 Å². The fourth-order valence-corrected chi connectivity index (χ4v) is 4.59. The normalized spacial score (nSPS) is 19.7. The fourth-order valence-electron chi connectivity index (χ4n) is 3.32. The predicted octanol–water partition coefficient (Wildman–Crippen LogP) is 2.06. The summed E-state index contributed by atoms with van der Waals surface area (Å²) in [7, 11) is -1.91. The van der Waals surface area contributed by atoms with Crippen molar-refractivity contribution in [3.8, 4) is 0 Å². The highest BCUT2D eigenvalue weighted by Crippen LogP contribution is 2.28. The third-order valence-electron chi connectivity index (χ3n) is 4.54. The maximum Gasteiger partial charge on any atom is 0.359 e. The zero-order valence-electron chi connectivity index (χ0n) is 17.3. The van der Waals surface area contributed by atoms with Gasteiger partial charge in [0.15, 0.2) is 5.69 Å². The number of esters is 1. The number of benzene rings is 1. The number of nitrogens with zero attached hydrogens (tertiary/aromatic N) is 3. The van der Waals surface area contributed by atoms with Crippen molar-refractivity contribution in [2.24, 2.45) is 0 Å². The highest BCUT2D eigenvalue weighted by Gasteiger charge is 2.45. The number of hydrogen-bond donors (Lipinski definition) is 1. The lowest BCUT2D eigenvalue weighted by molar-refractivity contribution is -0.135. The summed E-state index contributed by atoms with van der Waals surface area (Å²) in [4.78, 5) is 25.7. The van der Waals surface area contributed by atoms with Gasteiger partial charge in [-0.05, 0) is 32.8 Å². The highest BCUT2D eigenvalue weighted by atomic mass is 28.3. The summed E-state index contributed by atoms with van der Waals surface area (Å²) in [6.07, 6.45) is -0.451. The van der Waals surface area contributed by atoms with Crippen LogP contribution in [-0.2, 0) is 16.0 Å². The molecule has 2 heterocycles. The average Bonchev–Trinajstić information content (AvgIpc) is 3.02. The molecule has 2 unspecified atom stereocenters. The van der Waals surface area contributed by atoms with Gasteiger partial charge in [-0.1, -0.05) is 55.2 Å². The molecule has 0 spiro atoms. The van der Waals surface area contributed by atoms with Gasteiger partial charge in [-0.3, -0.25) is 4.79 Å². The molecule has 0 radical (unpaired) electrons. The van der Waals surface area contributed by atoms with E-state index in [0.717, 1.165) is 5.56 Å². The molecule has 1 aromatic heterocycles. The van der Waals surface area contributed by atoms with Crippen molar-refractivity contribution in [2.45, 2.75) is 64.5 Å². The molecule has 150 valence electrons. The van der Waals surface area contributed by atoms with Gasteiger partial charge in [0.1, 0.15) is 14.1 Å². The molecule has 8 heteroatoms. The number of rotatable bonds is 4. The zero-order chi connectivity index (χ0) is 20.7. The number of cyclic esters (lactones) is 1. The van der Waals surface area contributed by atoms with Crippen molar-refractivity contribution in [1.82, 2.24) is 20.3 Å². The Morgan fingerprint density at radius 1 is 1.21 bits per heavy atom. The maximum atomic E-state index is 12.9. The standard InChI is InChI=1S/C20H28N4O3Si/c1-20(2,3)21-17(25)16-14(12-13-10-8-7-9-11-13)24-15(19(26)27-16)18(22-23-24)28(4,5)6/h7-11,14,16H,12H2,1-6H3,(H,21,25). The minimum Gasteiger partial charge on any atom is -0.445 e. The quantitative estimate of drug-likeness (QED) is 0.627. The van der Waals surface area contributed by atoms with E-state index in [1.807, 2.05) is 51.1 Å². The molecule has 1 aliphatic heterocycles. The lowest BCUT2D eigenvalue weighted by atomic mass is 9.98. The van der Waals surface area contributed by atoms with Crippen LogP contribution >= 0.6 is 0 Å². The molecule has 0 saturated carbocycles. The molecular weight excluding hydrogens is 372 g/mol. The van der Waals surface area contributed by atoms with Crippen LogP contribution in [0.3, 0.4) is 0 Å².